The predicted molar refractivity (Wildman–Crippen MR) is 121 cm³/mol. The van der Waals surface area contributed by atoms with Gasteiger partial charge in [0.15, 0.2) is 11.0 Å². The van der Waals surface area contributed by atoms with Crippen molar-refractivity contribution < 1.29 is 4.79 Å². The highest BCUT2D eigenvalue weighted by atomic mass is 35.5. The molecule has 2 aromatic carbocycles. The molecule has 0 fully saturated rings. The number of hydrogen-bond acceptors (Lipinski definition) is 4. The van der Waals surface area contributed by atoms with E-state index in [0.717, 1.165) is 40.8 Å². The zero-order valence-corrected chi connectivity index (χ0v) is 18.6. The first-order chi connectivity index (χ1) is 13.9. The van der Waals surface area contributed by atoms with Gasteiger partial charge in [-0.05, 0) is 51.0 Å². The Morgan fingerprint density at radius 2 is 2.00 bits per heavy atom. The van der Waals surface area contributed by atoms with Crippen LogP contribution in [0.25, 0.3) is 11.4 Å². The maximum absolute atomic E-state index is 12.7. The molecule has 0 bridgehead atoms. The summed E-state index contributed by atoms with van der Waals surface area (Å²) in [5.41, 5.74) is 3.90. The van der Waals surface area contributed by atoms with Gasteiger partial charge in [-0.2, -0.15) is 0 Å². The summed E-state index contributed by atoms with van der Waals surface area (Å²) < 4.78 is 2.09. The highest BCUT2D eigenvalue weighted by Crippen LogP contribution is 2.29. The third kappa shape index (κ3) is 5.19. The predicted octanol–water partition coefficient (Wildman–Crippen LogP) is 5.74. The van der Waals surface area contributed by atoms with E-state index in [9.17, 15) is 4.79 Å². The molecule has 1 amide bonds. The van der Waals surface area contributed by atoms with Crippen LogP contribution in [0.1, 0.15) is 31.4 Å². The van der Waals surface area contributed by atoms with Gasteiger partial charge in [0, 0.05) is 22.8 Å². The van der Waals surface area contributed by atoms with Crippen molar-refractivity contribution in [3.8, 4) is 11.4 Å². The summed E-state index contributed by atoms with van der Waals surface area (Å²) in [7, 11) is 0. The number of thioether (sulfide) groups is 1. The maximum atomic E-state index is 12.7. The maximum Gasteiger partial charge on any atom is 0.237 e. The lowest BCUT2D eigenvalue weighted by Crippen LogP contribution is -2.23. The van der Waals surface area contributed by atoms with Crippen molar-refractivity contribution in [3.05, 3.63) is 58.6 Å². The van der Waals surface area contributed by atoms with E-state index >= 15 is 0 Å². The molecule has 1 heterocycles. The fourth-order valence-corrected chi connectivity index (χ4v) is 4.02. The number of aryl methyl sites for hydroxylation is 2. The van der Waals surface area contributed by atoms with Crippen LogP contribution in [0.3, 0.4) is 0 Å². The molecular formula is C22H25ClN4OS. The Morgan fingerprint density at radius 1 is 1.21 bits per heavy atom. The van der Waals surface area contributed by atoms with Crippen LogP contribution in [0.5, 0.6) is 0 Å². The standard InChI is InChI=1S/C22H25ClN4OS/c1-5-11-27-20(17-8-6-7-14(2)12-17)25-26-22(27)29-16(4)21(28)24-19-13-18(23)10-9-15(19)3/h6-10,12-13,16H,5,11H2,1-4H3,(H,24,28). The summed E-state index contributed by atoms with van der Waals surface area (Å²) in [6.45, 7) is 8.78. The number of aromatic nitrogens is 3. The van der Waals surface area contributed by atoms with E-state index < -0.39 is 0 Å². The molecule has 3 rings (SSSR count). The van der Waals surface area contributed by atoms with Gasteiger partial charge in [-0.3, -0.25) is 4.79 Å². The van der Waals surface area contributed by atoms with Gasteiger partial charge in [0.25, 0.3) is 0 Å². The fourth-order valence-electron chi connectivity index (χ4n) is 2.97. The summed E-state index contributed by atoms with van der Waals surface area (Å²) in [6, 6.07) is 13.7. The first-order valence-electron chi connectivity index (χ1n) is 9.63. The third-order valence-corrected chi connectivity index (χ3v) is 5.86. The Balaban J connectivity index is 1.80. The van der Waals surface area contributed by atoms with E-state index in [1.165, 1.54) is 17.3 Å². The highest BCUT2D eigenvalue weighted by molar-refractivity contribution is 8.00. The summed E-state index contributed by atoms with van der Waals surface area (Å²) in [6.07, 6.45) is 0.951. The molecule has 0 aliphatic carbocycles. The fraction of sp³-hybridized carbons (Fsp3) is 0.318. The monoisotopic (exact) mass is 428 g/mol. The second kappa shape index (κ2) is 9.46. The second-order valence-electron chi connectivity index (χ2n) is 7.04. The number of hydrogen-bond donors (Lipinski definition) is 1. The lowest BCUT2D eigenvalue weighted by molar-refractivity contribution is -0.115. The number of carbonyl (C=O) groups excluding carboxylic acids is 1. The van der Waals surface area contributed by atoms with E-state index in [0.29, 0.717) is 5.02 Å². The molecule has 0 radical (unpaired) electrons. The van der Waals surface area contributed by atoms with Gasteiger partial charge in [-0.25, -0.2) is 0 Å². The molecule has 1 aromatic heterocycles. The summed E-state index contributed by atoms with van der Waals surface area (Å²) >= 11 is 7.47. The third-order valence-electron chi connectivity index (χ3n) is 4.55. The Morgan fingerprint density at radius 3 is 2.72 bits per heavy atom. The first-order valence-corrected chi connectivity index (χ1v) is 10.9. The number of anilines is 1. The average molecular weight is 429 g/mol. The molecule has 0 saturated carbocycles. The SMILES string of the molecule is CCCn1c(SC(C)C(=O)Nc2cc(Cl)ccc2C)nnc1-c1cccc(C)c1. The molecule has 0 aliphatic heterocycles. The molecule has 1 atom stereocenters. The smallest absolute Gasteiger partial charge is 0.237 e. The molecule has 3 aromatic rings. The molecule has 5 nitrogen and oxygen atoms in total. The first kappa shape index (κ1) is 21.4. The second-order valence-corrected chi connectivity index (χ2v) is 8.78. The van der Waals surface area contributed by atoms with Gasteiger partial charge in [0.2, 0.25) is 5.91 Å². The van der Waals surface area contributed by atoms with Crippen molar-refractivity contribution in [2.45, 2.75) is 51.1 Å². The van der Waals surface area contributed by atoms with Crippen LogP contribution >= 0.6 is 23.4 Å². The van der Waals surface area contributed by atoms with E-state index in [1.54, 1.807) is 6.07 Å². The zero-order valence-electron chi connectivity index (χ0n) is 17.1. The number of benzene rings is 2. The number of halogens is 1. The van der Waals surface area contributed by atoms with Gasteiger partial charge in [0.05, 0.1) is 5.25 Å². The van der Waals surface area contributed by atoms with Gasteiger partial charge in [-0.1, -0.05) is 60.1 Å². The van der Waals surface area contributed by atoms with Crippen LogP contribution < -0.4 is 5.32 Å². The number of rotatable bonds is 7. The van der Waals surface area contributed by atoms with Crippen molar-refractivity contribution in [2.75, 3.05) is 5.32 Å². The number of nitrogens with zero attached hydrogens (tertiary/aromatic N) is 3. The van der Waals surface area contributed by atoms with Crippen molar-refractivity contribution in [2.24, 2.45) is 0 Å². The summed E-state index contributed by atoms with van der Waals surface area (Å²) in [5, 5.41) is 12.8. The van der Waals surface area contributed by atoms with E-state index in [-0.39, 0.29) is 11.2 Å². The number of carbonyl (C=O) groups is 1. The lowest BCUT2D eigenvalue weighted by atomic mass is 10.1. The zero-order chi connectivity index (χ0) is 21.0. The van der Waals surface area contributed by atoms with E-state index in [2.05, 4.69) is 46.1 Å². The van der Waals surface area contributed by atoms with Crippen LogP contribution in [-0.4, -0.2) is 25.9 Å². The van der Waals surface area contributed by atoms with Crippen molar-refractivity contribution in [1.82, 2.24) is 14.8 Å². The van der Waals surface area contributed by atoms with Crippen molar-refractivity contribution >= 4 is 35.0 Å². The largest absolute Gasteiger partial charge is 0.325 e. The van der Waals surface area contributed by atoms with Crippen molar-refractivity contribution in [3.63, 3.8) is 0 Å². The van der Waals surface area contributed by atoms with Crippen LogP contribution in [0.2, 0.25) is 5.02 Å². The van der Waals surface area contributed by atoms with Gasteiger partial charge in [0.1, 0.15) is 0 Å². The molecule has 7 heteroatoms. The number of amides is 1. The van der Waals surface area contributed by atoms with Gasteiger partial charge in [-0.15, -0.1) is 10.2 Å². The quantitative estimate of drug-likeness (QED) is 0.487. The highest BCUT2D eigenvalue weighted by Gasteiger charge is 2.21. The molecule has 1 N–H and O–H groups in total. The number of nitrogens with one attached hydrogen (secondary N) is 1. The summed E-state index contributed by atoms with van der Waals surface area (Å²) in [5.74, 6) is 0.736. The van der Waals surface area contributed by atoms with Crippen LogP contribution in [-0.2, 0) is 11.3 Å². The molecular weight excluding hydrogens is 404 g/mol. The topological polar surface area (TPSA) is 59.8 Å². The lowest BCUT2D eigenvalue weighted by Gasteiger charge is -2.14. The molecule has 0 saturated heterocycles. The average Bonchev–Trinajstić information content (AvgIpc) is 3.07. The van der Waals surface area contributed by atoms with Crippen LogP contribution in [0, 0.1) is 13.8 Å². The van der Waals surface area contributed by atoms with Gasteiger partial charge < -0.3 is 9.88 Å². The van der Waals surface area contributed by atoms with Crippen LogP contribution in [0.4, 0.5) is 5.69 Å². The Bertz CT molecular complexity index is 1020. The van der Waals surface area contributed by atoms with Crippen molar-refractivity contribution in [1.29, 1.82) is 0 Å². The normalized spacial score (nSPS) is 12.0. The minimum Gasteiger partial charge on any atom is -0.325 e. The molecule has 1 unspecified atom stereocenters. The van der Waals surface area contributed by atoms with E-state index in [4.69, 9.17) is 11.6 Å². The Labute approximate surface area is 180 Å². The summed E-state index contributed by atoms with van der Waals surface area (Å²) in [4.78, 5) is 12.7. The molecule has 0 spiro atoms. The van der Waals surface area contributed by atoms with Gasteiger partial charge >= 0.3 is 0 Å². The Kier molecular flexibility index (Phi) is 6.98. The Hall–Kier alpha value is -2.31. The molecule has 0 aliphatic rings. The minimum absolute atomic E-state index is 0.0940. The molecule has 29 heavy (non-hydrogen) atoms. The van der Waals surface area contributed by atoms with E-state index in [1.807, 2.05) is 38.1 Å². The van der Waals surface area contributed by atoms with Crippen LogP contribution in [0.15, 0.2) is 47.6 Å². The minimum atomic E-state index is -0.335. The molecule has 152 valence electrons.